The Morgan fingerprint density at radius 3 is 2.58 bits per heavy atom. The highest BCUT2D eigenvalue weighted by atomic mass is 32.2. The van der Waals surface area contributed by atoms with E-state index in [-0.39, 0.29) is 29.7 Å². The van der Waals surface area contributed by atoms with E-state index in [9.17, 15) is 18.8 Å². The number of amides is 3. The molecule has 3 aromatic rings. The van der Waals surface area contributed by atoms with E-state index in [4.69, 9.17) is 0 Å². The van der Waals surface area contributed by atoms with E-state index in [0.717, 1.165) is 27.2 Å². The highest BCUT2D eigenvalue weighted by Gasteiger charge is 2.34. The van der Waals surface area contributed by atoms with Gasteiger partial charge in [0.25, 0.3) is 17.1 Å². The van der Waals surface area contributed by atoms with Crippen molar-refractivity contribution in [2.75, 3.05) is 13.1 Å². The summed E-state index contributed by atoms with van der Waals surface area (Å²) < 4.78 is 13.0. The van der Waals surface area contributed by atoms with Crippen LogP contribution in [0.5, 0.6) is 0 Å². The Hall–Kier alpha value is -3.30. The molecular weight excluding hydrogens is 437 g/mol. The predicted molar refractivity (Wildman–Crippen MR) is 119 cm³/mol. The fourth-order valence-corrected chi connectivity index (χ4v) is 4.57. The number of aromatic nitrogens is 1. The monoisotopic (exact) mass is 453 g/mol. The van der Waals surface area contributed by atoms with Gasteiger partial charge in [0, 0.05) is 18.7 Å². The molecule has 1 fully saturated rings. The molecule has 0 bridgehead atoms. The second-order valence-electron chi connectivity index (χ2n) is 6.54. The Labute approximate surface area is 185 Å². The molecule has 1 aliphatic heterocycles. The average Bonchev–Trinajstić information content (AvgIpc) is 3.37. The van der Waals surface area contributed by atoms with E-state index >= 15 is 0 Å². The highest BCUT2D eigenvalue weighted by Crippen LogP contribution is 2.32. The Bertz CT molecular complexity index is 1160. The zero-order chi connectivity index (χ0) is 21.8. The van der Waals surface area contributed by atoms with Gasteiger partial charge in [-0.1, -0.05) is 42.5 Å². The van der Waals surface area contributed by atoms with E-state index in [1.54, 1.807) is 6.08 Å². The van der Waals surface area contributed by atoms with Crippen molar-refractivity contribution < 1.29 is 18.8 Å². The molecule has 31 heavy (non-hydrogen) atoms. The van der Waals surface area contributed by atoms with Crippen molar-refractivity contribution in [1.29, 1.82) is 0 Å². The van der Waals surface area contributed by atoms with E-state index < -0.39 is 11.1 Å². The molecule has 6 nitrogen and oxygen atoms in total. The number of carbonyl (C=O) groups excluding carboxylic acids is 3. The van der Waals surface area contributed by atoms with E-state index in [2.05, 4.69) is 10.3 Å². The van der Waals surface area contributed by atoms with Gasteiger partial charge in [-0.05, 0) is 35.5 Å². The number of thioether (sulfide) groups is 1. The highest BCUT2D eigenvalue weighted by molar-refractivity contribution is 8.18. The van der Waals surface area contributed by atoms with Crippen LogP contribution >= 0.6 is 23.1 Å². The lowest BCUT2D eigenvalue weighted by Crippen LogP contribution is -2.37. The number of rotatable bonds is 6. The van der Waals surface area contributed by atoms with Crippen molar-refractivity contribution in [3.63, 3.8) is 0 Å². The van der Waals surface area contributed by atoms with Gasteiger partial charge in [0.05, 0.1) is 11.1 Å². The minimum absolute atomic E-state index is 0.0571. The van der Waals surface area contributed by atoms with E-state index in [0.29, 0.717) is 10.4 Å². The van der Waals surface area contributed by atoms with Crippen molar-refractivity contribution in [3.05, 3.63) is 82.0 Å². The summed E-state index contributed by atoms with van der Waals surface area (Å²) in [4.78, 5) is 43.2. The van der Waals surface area contributed by atoms with Gasteiger partial charge < -0.3 is 5.32 Å². The summed E-state index contributed by atoms with van der Waals surface area (Å²) in [5, 5.41) is 3.05. The molecule has 2 heterocycles. The minimum atomic E-state index is -0.433. The van der Waals surface area contributed by atoms with Gasteiger partial charge in [0.15, 0.2) is 0 Å². The summed E-state index contributed by atoms with van der Waals surface area (Å²) in [6, 6.07) is 15.2. The molecule has 0 radical (unpaired) electrons. The molecule has 1 saturated heterocycles. The Morgan fingerprint density at radius 2 is 1.84 bits per heavy atom. The second-order valence-corrected chi connectivity index (χ2v) is 8.56. The standard InChI is InChI=1S/C22H16FN3O3S2/c23-16-8-6-14(7-9-16)12-17-21(28)26(22(29)31-17)11-10-24-19(27)18-13-25-20(30-18)15-4-2-1-3-5-15/h1-9,12-13H,10-11H2,(H,24,27)/b17-12-. The Morgan fingerprint density at radius 1 is 1.10 bits per heavy atom. The molecule has 9 heteroatoms. The fraction of sp³-hybridized carbons (Fsp3) is 0.0909. The van der Waals surface area contributed by atoms with Crippen LogP contribution in [0, 0.1) is 5.82 Å². The summed E-state index contributed by atoms with van der Waals surface area (Å²) >= 11 is 2.09. The van der Waals surface area contributed by atoms with Crippen LogP contribution < -0.4 is 5.32 Å². The number of thiazole rings is 1. The Balaban J connectivity index is 1.33. The van der Waals surface area contributed by atoms with Crippen LogP contribution in [0.3, 0.4) is 0 Å². The van der Waals surface area contributed by atoms with Gasteiger partial charge in [-0.3, -0.25) is 19.3 Å². The molecule has 3 amide bonds. The fourth-order valence-electron chi connectivity index (χ4n) is 2.86. The third kappa shape index (κ3) is 4.89. The zero-order valence-electron chi connectivity index (χ0n) is 16.1. The van der Waals surface area contributed by atoms with Gasteiger partial charge in [0.1, 0.15) is 15.7 Å². The van der Waals surface area contributed by atoms with Gasteiger partial charge in [0.2, 0.25) is 0 Å². The molecule has 4 rings (SSSR count). The van der Waals surface area contributed by atoms with Gasteiger partial charge in [-0.15, -0.1) is 11.3 Å². The quantitative estimate of drug-likeness (QED) is 0.559. The molecule has 0 aliphatic carbocycles. The van der Waals surface area contributed by atoms with Crippen molar-refractivity contribution in [2.45, 2.75) is 0 Å². The van der Waals surface area contributed by atoms with Crippen molar-refractivity contribution in [3.8, 4) is 10.6 Å². The SMILES string of the molecule is O=C(NCCN1C(=O)S/C(=C\c2ccc(F)cc2)C1=O)c1cnc(-c2ccccc2)s1. The molecule has 0 spiro atoms. The lowest BCUT2D eigenvalue weighted by atomic mass is 10.2. The summed E-state index contributed by atoms with van der Waals surface area (Å²) in [5.41, 5.74) is 1.55. The van der Waals surface area contributed by atoms with Crippen molar-refractivity contribution >= 4 is 46.2 Å². The van der Waals surface area contributed by atoms with Crippen LogP contribution in [0.2, 0.25) is 0 Å². The van der Waals surface area contributed by atoms with Crippen LogP contribution in [0.15, 0.2) is 65.7 Å². The molecule has 156 valence electrons. The molecule has 0 unspecified atom stereocenters. The molecule has 0 saturated carbocycles. The average molecular weight is 454 g/mol. The molecule has 1 aromatic heterocycles. The van der Waals surface area contributed by atoms with Gasteiger partial charge >= 0.3 is 0 Å². The van der Waals surface area contributed by atoms with E-state index in [1.165, 1.54) is 41.8 Å². The first-order valence-corrected chi connectivity index (χ1v) is 10.9. The predicted octanol–water partition coefficient (Wildman–Crippen LogP) is 4.42. The first kappa shape index (κ1) is 21.0. The van der Waals surface area contributed by atoms with Crippen LogP contribution in [0.25, 0.3) is 16.6 Å². The topological polar surface area (TPSA) is 79.4 Å². The maximum atomic E-state index is 13.0. The van der Waals surface area contributed by atoms with Crippen LogP contribution in [0.1, 0.15) is 15.2 Å². The molecule has 1 aliphatic rings. The second kappa shape index (κ2) is 9.23. The lowest BCUT2D eigenvalue weighted by Gasteiger charge is -2.12. The first-order valence-electron chi connectivity index (χ1n) is 9.31. The minimum Gasteiger partial charge on any atom is -0.349 e. The molecule has 1 N–H and O–H groups in total. The number of hydrogen-bond donors (Lipinski definition) is 1. The van der Waals surface area contributed by atoms with Gasteiger partial charge in [-0.25, -0.2) is 9.37 Å². The number of hydrogen-bond acceptors (Lipinski definition) is 6. The van der Waals surface area contributed by atoms with E-state index in [1.807, 2.05) is 30.3 Å². The van der Waals surface area contributed by atoms with Crippen molar-refractivity contribution in [2.24, 2.45) is 0 Å². The number of imide groups is 1. The largest absolute Gasteiger partial charge is 0.349 e. The smallest absolute Gasteiger partial charge is 0.293 e. The van der Waals surface area contributed by atoms with Crippen molar-refractivity contribution in [1.82, 2.24) is 15.2 Å². The number of nitrogens with zero attached hydrogens (tertiary/aromatic N) is 2. The van der Waals surface area contributed by atoms with Gasteiger partial charge in [-0.2, -0.15) is 0 Å². The summed E-state index contributed by atoms with van der Waals surface area (Å²) in [7, 11) is 0. The third-order valence-corrected chi connectivity index (χ3v) is 6.37. The third-order valence-electron chi connectivity index (χ3n) is 4.41. The first-order chi connectivity index (χ1) is 15.0. The summed E-state index contributed by atoms with van der Waals surface area (Å²) in [6.45, 7) is 0.181. The van der Waals surface area contributed by atoms with Crippen LogP contribution in [-0.2, 0) is 4.79 Å². The van der Waals surface area contributed by atoms with Crippen LogP contribution in [0.4, 0.5) is 9.18 Å². The van der Waals surface area contributed by atoms with Crippen LogP contribution in [-0.4, -0.2) is 40.0 Å². The number of nitrogens with one attached hydrogen (secondary N) is 1. The number of benzene rings is 2. The molecular formula is C22H16FN3O3S2. The summed E-state index contributed by atoms with van der Waals surface area (Å²) in [5.74, 6) is -1.12. The zero-order valence-corrected chi connectivity index (χ0v) is 17.7. The normalized spacial score (nSPS) is 15.0. The molecule has 0 atom stereocenters. The number of halogens is 1. The maximum Gasteiger partial charge on any atom is 0.293 e. The lowest BCUT2D eigenvalue weighted by molar-refractivity contribution is -0.122. The Kier molecular flexibility index (Phi) is 6.24. The number of carbonyl (C=O) groups is 3. The summed E-state index contributed by atoms with van der Waals surface area (Å²) in [6.07, 6.45) is 3.05. The maximum absolute atomic E-state index is 13.0. The molecule has 2 aromatic carbocycles.